The van der Waals surface area contributed by atoms with Gasteiger partial charge in [-0.25, -0.2) is 0 Å². The normalized spacial score (nSPS) is 19.1. The Morgan fingerprint density at radius 1 is 1.50 bits per heavy atom. The molecule has 0 spiro atoms. The first-order chi connectivity index (χ1) is 9.47. The van der Waals surface area contributed by atoms with Crippen molar-refractivity contribution >= 4 is 29.0 Å². The lowest BCUT2D eigenvalue weighted by atomic mass is 10.1. The van der Waals surface area contributed by atoms with Crippen LogP contribution in [0, 0.1) is 0 Å². The van der Waals surface area contributed by atoms with Crippen molar-refractivity contribution in [1.82, 2.24) is 0 Å². The summed E-state index contributed by atoms with van der Waals surface area (Å²) >= 11 is 1.85. The predicted octanol–water partition coefficient (Wildman–Crippen LogP) is 2.27. The Morgan fingerprint density at radius 2 is 2.20 bits per heavy atom. The second-order valence-electron chi connectivity index (χ2n) is 5.28. The monoisotopic (exact) mass is 294 g/mol. The first kappa shape index (κ1) is 15.2. The molecule has 1 aromatic rings. The summed E-state index contributed by atoms with van der Waals surface area (Å²) in [7, 11) is 3.78. The molecule has 0 aromatic heterocycles. The number of aliphatic hydroxyl groups excluding tert-OH is 1. The molecule has 1 aliphatic heterocycles. The fourth-order valence-corrected chi connectivity index (χ4v) is 3.02. The van der Waals surface area contributed by atoms with Gasteiger partial charge in [-0.2, -0.15) is 11.8 Å². The van der Waals surface area contributed by atoms with Gasteiger partial charge in [0.1, 0.15) is 0 Å². The fraction of sp³-hybridized carbons (Fsp3) is 0.533. The van der Waals surface area contributed by atoms with Crippen LogP contribution in [0.25, 0.3) is 0 Å². The van der Waals surface area contributed by atoms with Crippen molar-refractivity contribution < 1.29 is 9.90 Å². The number of carbonyl (C=O) groups excluding carboxylic acids is 1. The molecule has 110 valence electrons. The van der Waals surface area contributed by atoms with Gasteiger partial charge in [0.2, 0.25) is 0 Å². The number of rotatable bonds is 5. The van der Waals surface area contributed by atoms with Crippen LogP contribution in [-0.4, -0.2) is 43.2 Å². The van der Waals surface area contributed by atoms with Gasteiger partial charge in [0.15, 0.2) is 6.10 Å². The Balaban J connectivity index is 2.22. The maximum Gasteiger partial charge on any atom is 0.260 e. The second kappa shape index (κ2) is 6.06. The van der Waals surface area contributed by atoms with Crippen LogP contribution in [0.3, 0.4) is 0 Å². The number of hydrogen-bond donors (Lipinski definition) is 1. The van der Waals surface area contributed by atoms with E-state index >= 15 is 0 Å². The van der Waals surface area contributed by atoms with E-state index in [1.165, 1.54) is 4.90 Å². The van der Waals surface area contributed by atoms with Crippen molar-refractivity contribution in [2.24, 2.45) is 0 Å². The summed E-state index contributed by atoms with van der Waals surface area (Å²) < 4.78 is 0. The number of hydrogen-bond acceptors (Lipinski definition) is 4. The lowest BCUT2D eigenvalue weighted by Gasteiger charge is -2.27. The minimum absolute atomic E-state index is 0.254. The number of likely N-dealkylation sites (N-methyl/N-ethyl adjacent to an activating group) is 1. The molecule has 1 amide bonds. The highest BCUT2D eigenvalue weighted by Crippen LogP contribution is 2.37. The topological polar surface area (TPSA) is 43.8 Å². The molecule has 1 heterocycles. The smallest absolute Gasteiger partial charge is 0.260 e. The molecule has 4 nitrogen and oxygen atoms in total. The maximum atomic E-state index is 11.8. The predicted molar refractivity (Wildman–Crippen MR) is 85.7 cm³/mol. The van der Waals surface area contributed by atoms with Crippen molar-refractivity contribution in [2.45, 2.75) is 25.5 Å². The molecule has 0 aliphatic carbocycles. The summed E-state index contributed by atoms with van der Waals surface area (Å²) in [5.41, 5.74) is 2.58. The van der Waals surface area contributed by atoms with Gasteiger partial charge in [-0.15, -0.1) is 0 Å². The molecule has 2 unspecified atom stereocenters. The zero-order valence-corrected chi connectivity index (χ0v) is 13.3. The van der Waals surface area contributed by atoms with Crippen molar-refractivity contribution in [1.29, 1.82) is 0 Å². The summed E-state index contributed by atoms with van der Waals surface area (Å²) in [6.07, 6.45) is 2.22. The molecule has 20 heavy (non-hydrogen) atoms. The summed E-state index contributed by atoms with van der Waals surface area (Å²) in [5, 5.41) is 9.87. The number of amides is 1. The summed E-state index contributed by atoms with van der Waals surface area (Å²) in [4.78, 5) is 15.5. The van der Waals surface area contributed by atoms with E-state index in [1.54, 1.807) is 7.05 Å². The summed E-state index contributed by atoms with van der Waals surface area (Å²) in [6, 6.07) is 6.25. The molecule has 1 N–H and O–H groups in total. The highest BCUT2D eigenvalue weighted by molar-refractivity contribution is 7.98. The third-order valence-corrected chi connectivity index (χ3v) is 4.69. The largest absolute Gasteiger partial charge is 0.378 e. The molecular weight excluding hydrogens is 272 g/mol. The fourth-order valence-electron chi connectivity index (χ4n) is 2.44. The number of anilines is 2. The SMILES string of the molecule is CSCCC(C)N(C)c1ccc2c(c1)N(C)C(=O)C2O. The van der Waals surface area contributed by atoms with E-state index < -0.39 is 6.10 Å². The number of fused-ring (bicyclic) bond motifs is 1. The molecule has 5 heteroatoms. The quantitative estimate of drug-likeness (QED) is 0.905. The molecule has 2 rings (SSSR count). The van der Waals surface area contributed by atoms with Gasteiger partial charge in [0.05, 0.1) is 5.69 Å². The Kier molecular flexibility index (Phi) is 4.60. The average Bonchev–Trinajstić information content (AvgIpc) is 2.68. The van der Waals surface area contributed by atoms with Crippen LogP contribution in [0.2, 0.25) is 0 Å². The van der Waals surface area contributed by atoms with Crippen LogP contribution >= 0.6 is 11.8 Å². The minimum atomic E-state index is -1.01. The standard InChI is InChI=1S/C15H22N2O2S/c1-10(7-8-20-4)16(2)11-5-6-12-13(9-11)17(3)15(19)14(12)18/h5-6,9-10,14,18H,7-8H2,1-4H3. The molecule has 2 atom stereocenters. The Morgan fingerprint density at radius 3 is 2.85 bits per heavy atom. The first-order valence-electron chi connectivity index (χ1n) is 6.78. The lowest BCUT2D eigenvalue weighted by Crippen LogP contribution is -2.29. The van der Waals surface area contributed by atoms with E-state index in [9.17, 15) is 9.90 Å². The van der Waals surface area contributed by atoms with Gasteiger partial charge in [-0.1, -0.05) is 6.07 Å². The Labute approximate surface area is 124 Å². The molecule has 0 saturated heterocycles. The van der Waals surface area contributed by atoms with Crippen LogP contribution in [-0.2, 0) is 4.79 Å². The van der Waals surface area contributed by atoms with Gasteiger partial charge in [0.25, 0.3) is 5.91 Å². The minimum Gasteiger partial charge on any atom is -0.378 e. The highest BCUT2D eigenvalue weighted by atomic mass is 32.2. The van der Waals surface area contributed by atoms with Crippen molar-refractivity contribution in [3.8, 4) is 0 Å². The van der Waals surface area contributed by atoms with Crippen LogP contribution in [0.1, 0.15) is 25.0 Å². The Bertz CT molecular complexity index is 507. The van der Waals surface area contributed by atoms with Crippen LogP contribution in [0.5, 0.6) is 0 Å². The van der Waals surface area contributed by atoms with E-state index in [0.29, 0.717) is 11.6 Å². The van der Waals surface area contributed by atoms with Crippen LogP contribution < -0.4 is 9.80 Å². The molecular formula is C15H22N2O2S. The maximum absolute atomic E-state index is 11.8. The third kappa shape index (κ3) is 2.65. The number of benzene rings is 1. The van der Waals surface area contributed by atoms with E-state index in [1.807, 2.05) is 30.0 Å². The number of nitrogens with zero attached hydrogens (tertiary/aromatic N) is 2. The number of aliphatic hydroxyl groups is 1. The van der Waals surface area contributed by atoms with E-state index in [-0.39, 0.29) is 5.91 Å². The zero-order chi connectivity index (χ0) is 14.9. The average molecular weight is 294 g/mol. The first-order valence-corrected chi connectivity index (χ1v) is 8.18. The van der Waals surface area contributed by atoms with Gasteiger partial charge >= 0.3 is 0 Å². The molecule has 0 radical (unpaired) electrons. The lowest BCUT2D eigenvalue weighted by molar-refractivity contribution is -0.125. The van der Waals surface area contributed by atoms with Gasteiger partial charge in [-0.3, -0.25) is 4.79 Å². The van der Waals surface area contributed by atoms with Crippen molar-refractivity contribution in [3.63, 3.8) is 0 Å². The summed E-state index contributed by atoms with van der Waals surface area (Å²) in [5.74, 6) is 0.878. The molecule has 0 fully saturated rings. The van der Waals surface area contributed by atoms with Gasteiger partial charge in [0, 0.05) is 31.4 Å². The Hall–Kier alpha value is -1.20. The molecule has 1 aliphatic rings. The molecule has 1 aromatic carbocycles. The van der Waals surface area contributed by atoms with Gasteiger partial charge < -0.3 is 14.9 Å². The van der Waals surface area contributed by atoms with Crippen molar-refractivity contribution in [2.75, 3.05) is 35.9 Å². The van der Waals surface area contributed by atoms with E-state index in [2.05, 4.69) is 25.1 Å². The summed E-state index contributed by atoms with van der Waals surface area (Å²) in [6.45, 7) is 2.20. The van der Waals surface area contributed by atoms with Crippen LogP contribution in [0.4, 0.5) is 11.4 Å². The number of thioether (sulfide) groups is 1. The highest BCUT2D eigenvalue weighted by Gasteiger charge is 2.33. The van der Waals surface area contributed by atoms with Crippen LogP contribution in [0.15, 0.2) is 18.2 Å². The van der Waals surface area contributed by atoms with E-state index in [0.717, 1.165) is 23.5 Å². The second-order valence-corrected chi connectivity index (χ2v) is 6.27. The van der Waals surface area contributed by atoms with Crippen molar-refractivity contribution in [3.05, 3.63) is 23.8 Å². The van der Waals surface area contributed by atoms with E-state index in [4.69, 9.17) is 0 Å². The third-order valence-electron chi connectivity index (χ3n) is 4.04. The number of carbonyl (C=O) groups is 1. The molecule has 0 saturated carbocycles. The molecule has 0 bridgehead atoms. The van der Waals surface area contributed by atoms with Gasteiger partial charge in [-0.05, 0) is 37.5 Å². The zero-order valence-electron chi connectivity index (χ0n) is 12.5.